The summed E-state index contributed by atoms with van der Waals surface area (Å²) in [6, 6.07) is 21.3. The third kappa shape index (κ3) is 4.41. The molecular formula is C26H24N2O3S. The molecule has 0 fully saturated rings. The number of rotatable bonds is 4. The van der Waals surface area contributed by atoms with Crippen LogP contribution in [0.15, 0.2) is 66.7 Å². The molecule has 1 heterocycles. The van der Waals surface area contributed by atoms with E-state index in [0.29, 0.717) is 16.8 Å². The second kappa shape index (κ2) is 8.55. The average molecular weight is 445 g/mol. The van der Waals surface area contributed by atoms with Crippen LogP contribution in [0, 0.1) is 0 Å². The molecular weight excluding hydrogens is 420 g/mol. The van der Waals surface area contributed by atoms with Gasteiger partial charge in [-0.1, -0.05) is 63.2 Å². The fourth-order valence-electron chi connectivity index (χ4n) is 3.46. The van der Waals surface area contributed by atoms with Crippen molar-refractivity contribution >= 4 is 39.1 Å². The van der Waals surface area contributed by atoms with Gasteiger partial charge in [0.2, 0.25) is 5.01 Å². The fraction of sp³-hybridized carbons (Fsp3) is 0.192. The summed E-state index contributed by atoms with van der Waals surface area (Å²) < 4.78 is 5.54. The lowest BCUT2D eigenvalue weighted by Crippen LogP contribution is -2.13. The number of anilines is 1. The molecule has 0 aliphatic rings. The Morgan fingerprint density at radius 1 is 0.969 bits per heavy atom. The van der Waals surface area contributed by atoms with E-state index in [1.54, 1.807) is 12.1 Å². The van der Waals surface area contributed by atoms with Gasteiger partial charge in [0, 0.05) is 11.3 Å². The third-order valence-electron chi connectivity index (χ3n) is 5.24. The van der Waals surface area contributed by atoms with Gasteiger partial charge in [-0.25, -0.2) is 9.78 Å². The largest absolute Gasteiger partial charge is 0.464 e. The number of ether oxygens (including phenoxy) is 1. The van der Waals surface area contributed by atoms with Crippen molar-refractivity contribution in [3.05, 3.63) is 82.9 Å². The van der Waals surface area contributed by atoms with Gasteiger partial charge in [0.25, 0.3) is 5.91 Å². The van der Waals surface area contributed by atoms with E-state index in [-0.39, 0.29) is 16.3 Å². The first-order valence-corrected chi connectivity index (χ1v) is 11.1. The van der Waals surface area contributed by atoms with E-state index in [4.69, 9.17) is 4.74 Å². The Balaban J connectivity index is 1.61. The molecule has 1 amide bonds. The minimum atomic E-state index is -0.469. The van der Waals surface area contributed by atoms with E-state index >= 15 is 0 Å². The number of amides is 1. The first-order chi connectivity index (χ1) is 15.3. The van der Waals surface area contributed by atoms with E-state index in [0.717, 1.165) is 15.8 Å². The molecule has 0 bridgehead atoms. The number of thiazole rings is 1. The van der Waals surface area contributed by atoms with Crippen molar-refractivity contribution < 1.29 is 14.3 Å². The molecule has 1 N–H and O–H groups in total. The second-order valence-corrected chi connectivity index (χ2v) is 9.55. The van der Waals surface area contributed by atoms with E-state index < -0.39 is 5.97 Å². The zero-order valence-corrected chi connectivity index (χ0v) is 19.2. The van der Waals surface area contributed by atoms with Crippen LogP contribution in [0.25, 0.3) is 21.3 Å². The topological polar surface area (TPSA) is 68.3 Å². The van der Waals surface area contributed by atoms with Gasteiger partial charge in [-0.05, 0) is 46.4 Å². The number of methoxy groups -OCH3 is 1. The maximum atomic E-state index is 13.1. The highest BCUT2D eigenvalue weighted by Crippen LogP contribution is 2.30. The molecule has 4 aromatic rings. The molecule has 0 aliphatic heterocycles. The molecule has 0 saturated heterocycles. The molecule has 0 radical (unpaired) electrons. The summed E-state index contributed by atoms with van der Waals surface area (Å²) in [6.07, 6.45) is 0. The molecule has 0 atom stereocenters. The molecule has 3 aromatic carbocycles. The van der Waals surface area contributed by atoms with Gasteiger partial charge < -0.3 is 10.1 Å². The van der Waals surface area contributed by atoms with Crippen LogP contribution in [0.4, 0.5) is 5.69 Å². The highest BCUT2D eigenvalue weighted by molar-refractivity contribution is 7.20. The van der Waals surface area contributed by atoms with Crippen molar-refractivity contribution in [1.82, 2.24) is 4.98 Å². The summed E-state index contributed by atoms with van der Waals surface area (Å²) in [5.41, 5.74) is 5.09. The van der Waals surface area contributed by atoms with Crippen molar-refractivity contribution in [2.45, 2.75) is 26.2 Å². The van der Waals surface area contributed by atoms with E-state index in [1.165, 1.54) is 24.0 Å². The molecule has 4 rings (SSSR count). The first-order valence-electron chi connectivity index (χ1n) is 10.3. The first kappa shape index (κ1) is 21.7. The molecule has 162 valence electrons. The molecule has 0 spiro atoms. The number of benzene rings is 3. The molecule has 0 saturated carbocycles. The van der Waals surface area contributed by atoms with Crippen molar-refractivity contribution in [3.63, 3.8) is 0 Å². The highest BCUT2D eigenvalue weighted by atomic mass is 32.1. The van der Waals surface area contributed by atoms with Gasteiger partial charge >= 0.3 is 5.97 Å². The Morgan fingerprint density at radius 3 is 2.38 bits per heavy atom. The molecule has 6 heteroatoms. The molecule has 0 unspecified atom stereocenters. The summed E-state index contributed by atoms with van der Waals surface area (Å²) in [4.78, 5) is 29.1. The van der Waals surface area contributed by atoms with Crippen molar-refractivity contribution in [2.75, 3.05) is 12.4 Å². The second-order valence-electron chi connectivity index (χ2n) is 8.52. The van der Waals surface area contributed by atoms with Gasteiger partial charge in [0.15, 0.2) is 0 Å². The number of carbonyl (C=O) groups excluding carboxylic acids is 2. The van der Waals surface area contributed by atoms with Crippen LogP contribution in [-0.2, 0) is 10.2 Å². The number of fused-ring (bicyclic) bond motifs is 1. The zero-order valence-electron chi connectivity index (χ0n) is 18.4. The number of nitrogens with zero attached hydrogens (tertiary/aromatic N) is 1. The number of hydrogen-bond donors (Lipinski definition) is 1. The Labute approximate surface area is 191 Å². The molecule has 0 aliphatic carbocycles. The van der Waals surface area contributed by atoms with Crippen LogP contribution < -0.4 is 5.32 Å². The monoisotopic (exact) mass is 444 g/mol. The summed E-state index contributed by atoms with van der Waals surface area (Å²) in [5, 5.41) is 3.26. The van der Waals surface area contributed by atoms with E-state index in [9.17, 15) is 9.59 Å². The van der Waals surface area contributed by atoms with E-state index in [1.807, 2.05) is 30.3 Å². The predicted molar refractivity (Wildman–Crippen MR) is 129 cm³/mol. The quantitative estimate of drug-likeness (QED) is 0.375. The zero-order chi connectivity index (χ0) is 22.9. The van der Waals surface area contributed by atoms with Crippen LogP contribution in [-0.4, -0.2) is 24.0 Å². The molecule has 32 heavy (non-hydrogen) atoms. The minimum absolute atomic E-state index is 0.0679. The van der Waals surface area contributed by atoms with Gasteiger partial charge in [-0.3, -0.25) is 4.79 Å². The predicted octanol–water partition coefficient (Wildman–Crippen LogP) is 6.30. The number of nitrogens with one attached hydrogen (secondary N) is 1. The summed E-state index contributed by atoms with van der Waals surface area (Å²) in [5.74, 6) is -0.666. The third-order valence-corrected chi connectivity index (χ3v) is 6.24. The maximum Gasteiger partial charge on any atom is 0.367 e. The Morgan fingerprint density at radius 2 is 1.69 bits per heavy atom. The standard InChI is InChI=1S/C26H24N2O3S/c1-26(2,3)17-11-9-16(10-12-17)19-7-5-6-8-20(19)23(29)27-18-13-14-21-22(15-18)32-24(28-21)25(30)31-4/h5-15H,1-4H3,(H,27,29). The van der Waals surface area contributed by atoms with Gasteiger partial charge in [-0.2, -0.15) is 0 Å². The van der Waals surface area contributed by atoms with Crippen molar-refractivity contribution in [1.29, 1.82) is 0 Å². The number of carbonyl (C=O) groups is 2. The van der Waals surface area contributed by atoms with Crippen molar-refractivity contribution in [3.8, 4) is 11.1 Å². The Bertz CT molecular complexity index is 1300. The van der Waals surface area contributed by atoms with Crippen molar-refractivity contribution in [2.24, 2.45) is 0 Å². The fourth-order valence-corrected chi connectivity index (χ4v) is 4.38. The lowest BCUT2D eigenvalue weighted by Gasteiger charge is -2.19. The lowest BCUT2D eigenvalue weighted by molar-refractivity contribution is 0.0600. The minimum Gasteiger partial charge on any atom is -0.464 e. The Hall–Kier alpha value is -3.51. The Kier molecular flexibility index (Phi) is 5.80. The SMILES string of the molecule is COC(=O)c1nc2ccc(NC(=O)c3ccccc3-c3ccc(C(C)(C)C)cc3)cc2s1. The molecule has 5 nitrogen and oxygen atoms in total. The van der Waals surface area contributed by atoms with E-state index in [2.05, 4.69) is 55.3 Å². The van der Waals surface area contributed by atoms with Crippen LogP contribution in [0.1, 0.15) is 46.5 Å². The molecule has 1 aromatic heterocycles. The van der Waals surface area contributed by atoms with Gasteiger partial charge in [0.05, 0.1) is 17.3 Å². The van der Waals surface area contributed by atoms with Crippen LogP contribution in [0.5, 0.6) is 0 Å². The average Bonchev–Trinajstić information content (AvgIpc) is 3.21. The lowest BCUT2D eigenvalue weighted by atomic mass is 9.86. The summed E-state index contributed by atoms with van der Waals surface area (Å²) >= 11 is 1.23. The van der Waals surface area contributed by atoms with Gasteiger partial charge in [0.1, 0.15) is 0 Å². The summed E-state index contributed by atoms with van der Waals surface area (Å²) in [7, 11) is 1.33. The van der Waals surface area contributed by atoms with Crippen LogP contribution in [0.3, 0.4) is 0 Å². The highest BCUT2D eigenvalue weighted by Gasteiger charge is 2.17. The maximum absolute atomic E-state index is 13.1. The van der Waals surface area contributed by atoms with Crippen LogP contribution in [0.2, 0.25) is 0 Å². The van der Waals surface area contributed by atoms with Gasteiger partial charge in [-0.15, -0.1) is 11.3 Å². The summed E-state index contributed by atoms with van der Waals surface area (Å²) in [6.45, 7) is 6.53. The smallest absolute Gasteiger partial charge is 0.367 e. The number of esters is 1. The normalized spacial score (nSPS) is 11.4. The van der Waals surface area contributed by atoms with Crippen LogP contribution >= 0.6 is 11.3 Å². The number of aromatic nitrogens is 1. The number of hydrogen-bond acceptors (Lipinski definition) is 5.